The molecule has 1 atom stereocenters. The number of halogens is 2. The Bertz CT molecular complexity index is 2130. The van der Waals surface area contributed by atoms with E-state index in [4.69, 9.17) is 9.47 Å². The molecule has 4 aliphatic heterocycles. The number of amides is 4. The molecule has 1 saturated carbocycles. The van der Waals surface area contributed by atoms with E-state index in [1.54, 1.807) is 32.0 Å². The minimum absolute atomic E-state index is 0.111. The van der Waals surface area contributed by atoms with Crippen LogP contribution in [0.3, 0.4) is 0 Å². The number of carbonyl (C=O) groups is 4. The summed E-state index contributed by atoms with van der Waals surface area (Å²) < 4.78 is 41.0. The number of benzene rings is 2. The van der Waals surface area contributed by atoms with Crippen LogP contribution in [0.1, 0.15) is 75.6 Å². The highest BCUT2D eigenvalue weighted by Gasteiger charge is 2.48. The average molecular weight is 844 g/mol. The predicted molar refractivity (Wildman–Crippen MR) is 226 cm³/mol. The minimum atomic E-state index is -3.59. The van der Waals surface area contributed by atoms with Crippen molar-refractivity contribution in [2.75, 3.05) is 73.4 Å². The summed E-state index contributed by atoms with van der Waals surface area (Å²) in [7, 11) is 2.79. The number of alkyl halides is 2. The van der Waals surface area contributed by atoms with Crippen molar-refractivity contribution in [1.82, 2.24) is 25.5 Å². The van der Waals surface area contributed by atoms with Crippen LogP contribution in [0, 0.1) is 11.3 Å². The van der Waals surface area contributed by atoms with Gasteiger partial charge in [-0.25, -0.2) is 4.98 Å². The van der Waals surface area contributed by atoms with Crippen LogP contribution in [-0.2, 0) is 14.4 Å². The van der Waals surface area contributed by atoms with E-state index < -0.39 is 24.5 Å². The van der Waals surface area contributed by atoms with Crippen LogP contribution in [0.5, 0.6) is 11.5 Å². The van der Waals surface area contributed by atoms with Crippen molar-refractivity contribution in [2.45, 2.75) is 89.3 Å². The van der Waals surface area contributed by atoms with Crippen LogP contribution in [0.25, 0.3) is 0 Å². The summed E-state index contributed by atoms with van der Waals surface area (Å²) in [6, 6.07) is 12.7. The first kappa shape index (κ1) is 42.1. The molecule has 5 heterocycles. The molecule has 3 aromatic rings. The second kappa shape index (κ2) is 17.1. The van der Waals surface area contributed by atoms with Gasteiger partial charge in [-0.3, -0.25) is 24.5 Å². The molecular formula is C44H55F2N9O6. The van der Waals surface area contributed by atoms with Crippen LogP contribution < -0.4 is 40.1 Å². The Morgan fingerprint density at radius 1 is 1.00 bits per heavy atom. The fraction of sp³-hybridized carbons (Fsp3) is 0.545. The highest BCUT2D eigenvalue weighted by molar-refractivity contribution is 6.02. The van der Waals surface area contributed by atoms with Gasteiger partial charge in [-0.15, -0.1) is 0 Å². The van der Waals surface area contributed by atoms with Crippen LogP contribution >= 0.6 is 0 Å². The molecule has 4 fully saturated rings. The van der Waals surface area contributed by atoms with Crippen molar-refractivity contribution >= 4 is 52.5 Å². The normalized spacial score (nSPS) is 22.0. The van der Waals surface area contributed by atoms with E-state index in [0.717, 1.165) is 81.8 Å². The Morgan fingerprint density at radius 2 is 1.72 bits per heavy atom. The molecule has 326 valence electrons. The van der Waals surface area contributed by atoms with E-state index >= 15 is 0 Å². The van der Waals surface area contributed by atoms with Gasteiger partial charge < -0.3 is 39.7 Å². The number of hydrogen-bond acceptors (Lipinski definition) is 12. The lowest BCUT2D eigenvalue weighted by Gasteiger charge is -2.52. The largest absolute Gasteiger partial charge is 0.495 e. The lowest BCUT2D eigenvalue weighted by atomic mass is 9.60. The summed E-state index contributed by atoms with van der Waals surface area (Å²) in [5, 5.41) is 8.66. The highest BCUT2D eigenvalue weighted by Crippen LogP contribution is 2.49. The number of nitrogens with zero attached hydrogens (tertiary/aromatic N) is 6. The summed E-state index contributed by atoms with van der Waals surface area (Å²) >= 11 is 0. The van der Waals surface area contributed by atoms with E-state index in [-0.39, 0.29) is 59.1 Å². The number of likely N-dealkylation sites (tertiary alicyclic amines) is 1. The molecule has 0 bridgehead atoms. The minimum Gasteiger partial charge on any atom is -0.495 e. The van der Waals surface area contributed by atoms with E-state index in [0.29, 0.717) is 35.1 Å². The number of anilines is 5. The van der Waals surface area contributed by atoms with Gasteiger partial charge in [-0.05, 0) is 119 Å². The zero-order valence-electron chi connectivity index (χ0n) is 35.2. The maximum Gasteiger partial charge on any atom is 0.342 e. The highest BCUT2D eigenvalue weighted by atomic mass is 19.3. The fourth-order valence-electron chi connectivity index (χ4n) is 9.47. The molecule has 3 saturated heterocycles. The number of rotatable bonds is 11. The third-order valence-corrected chi connectivity index (χ3v) is 13.1. The molecule has 3 N–H and O–H groups in total. The predicted octanol–water partition coefficient (Wildman–Crippen LogP) is 5.13. The van der Waals surface area contributed by atoms with Crippen molar-refractivity contribution in [3.05, 3.63) is 54.2 Å². The lowest BCUT2D eigenvalue weighted by Crippen LogP contribution is -2.55. The standard InChI is InChI=1S/C44H55F2N9O6/c1-27(2)55-26-44(45,46)41(59)52(3)34-24-47-42(51-38(34)55)49-33-10-5-29(21-36(33)60-4)39(57)48-30-22-43(23-30)15-19-53(20-16-43)25-28-13-17-54(18-14-28)31-6-8-32(9-7-31)61-35-11-12-37(56)50-40(35)58/h5-10,21,24,27-28,30,35H,11-20,22-23,25-26H2,1-4H3,(H,48,57)(H,47,49,51)(H,50,56,58). The number of imide groups is 1. The first-order valence-electron chi connectivity index (χ1n) is 21.3. The smallest absolute Gasteiger partial charge is 0.342 e. The first-order chi connectivity index (χ1) is 29.2. The Morgan fingerprint density at radius 3 is 2.39 bits per heavy atom. The molecule has 1 aromatic heterocycles. The van der Waals surface area contributed by atoms with Gasteiger partial charge in [0.05, 0.1) is 25.5 Å². The maximum absolute atomic E-state index is 14.8. The number of piperidine rings is 3. The third kappa shape index (κ3) is 9.07. The van der Waals surface area contributed by atoms with Crippen molar-refractivity contribution in [3.63, 3.8) is 0 Å². The van der Waals surface area contributed by atoms with Gasteiger partial charge in [-0.2, -0.15) is 13.8 Å². The first-order valence-corrected chi connectivity index (χ1v) is 21.3. The fourth-order valence-corrected chi connectivity index (χ4v) is 9.47. The second-order valence-corrected chi connectivity index (χ2v) is 17.6. The molecule has 2 aromatic carbocycles. The van der Waals surface area contributed by atoms with Crippen molar-refractivity contribution in [3.8, 4) is 11.5 Å². The zero-order chi connectivity index (χ0) is 43.1. The van der Waals surface area contributed by atoms with Gasteiger partial charge in [0.2, 0.25) is 11.9 Å². The molecule has 17 heteroatoms. The Balaban J connectivity index is 0.778. The number of carbonyl (C=O) groups excluding carboxylic acids is 4. The molecule has 15 nitrogen and oxygen atoms in total. The molecule has 5 aliphatic rings. The molecule has 1 unspecified atom stereocenters. The molecule has 4 amide bonds. The summed E-state index contributed by atoms with van der Waals surface area (Å²) in [5.74, 6) is -3.71. The molecule has 0 radical (unpaired) electrons. The Kier molecular flexibility index (Phi) is 11.8. The topological polar surface area (TPSA) is 162 Å². The van der Waals surface area contributed by atoms with E-state index in [1.807, 2.05) is 24.3 Å². The number of hydrogen-bond donors (Lipinski definition) is 3. The number of nitrogens with one attached hydrogen (secondary N) is 3. The van der Waals surface area contributed by atoms with Crippen LogP contribution in [0.2, 0.25) is 0 Å². The van der Waals surface area contributed by atoms with Crippen LogP contribution in [0.4, 0.5) is 37.6 Å². The summed E-state index contributed by atoms with van der Waals surface area (Å²) in [6.07, 6.45) is 7.86. The summed E-state index contributed by atoms with van der Waals surface area (Å²) in [5.41, 5.74) is 2.54. The Labute approximate surface area is 354 Å². The molecule has 1 spiro atoms. The van der Waals surface area contributed by atoms with Crippen LogP contribution in [0.15, 0.2) is 48.7 Å². The van der Waals surface area contributed by atoms with E-state index in [9.17, 15) is 28.0 Å². The average Bonchev–Trinajstić information content (AvgIpc) is 3.31. The molecule has 1 aliphatic carbocycles. The Hall–Kier alpha value is -5.58. The van der Waals surface area contributed by atoms with Gasteiger partial charge in [-0.1, -0.05) is 0 Å². The second-order valence-electron chi connectivity index (χ2n) is 17.6. The van der Waals surface area contributed by atoms with Gasteiger partial charge >= 0.3 is 5.92 Å². The molecule has 61 heavy (non-hydrogen) atoms. The van der Waals surface area contributed by atoms with Gasteiger partial charge in [0.25, 0.3) is 17.7 Å². The molecule has 8 rings (SSSR count). The zero-order valence-corrected chi connectivity index (χ0v) is 35.2. The van der Waals surface area contributed by atoms with Gasteiger partial charge in [0, 0.05) is 62.9 Å². The van der Waals surface area contributed by atoms with E-state index in [1.165, 1.54) is 25.3 Å². The monoisotopic (exact) mass is 843 g/mol. The van der Waals surface area contributed by atoms with E-state index in [2.05, 4.69) is 35.7 Å². The molecular weight excluding hydrogens is 789 g/mol. The van der Waals surface area contributed by atoms with Crippen molar-refractivity contribution in [2.24, 2.45) is 11.3 Å². The SMILES string of the molecule is COc1cc(C(=O)NC2CC3(CCN(CC4CCN(c5ccc(OC6CCC(=O)NC6=O)cc5)CC4)CC3)C2)ccc1Nc1ncc2c(n1)N(C(C)C)CC(F)(F)C(=O)N2C. The van der Waals surface area contributed by atoms with Crippen molar-refractivity contribution in [1.29, 1.82) is 0 Å². The van der Waals surface area contributed by atoms with Gasteiger partial charge in [0.15, 0.2) is 11.9 Å². The quantitative estimate of drug-likeness (QED) is 0.219. The van der Waals surface area contributed by atoms with Crippen LogP contribution in [-0.4, -0.2) is 116 Å². The number of ether oxygens (including phenoxy) is 2. The van der Waals surface area contributed by atoms with Gasteiger partial charge in [0.1, 0.15) is 17.2 Å². The lowest BCUT2D eigenvalue weighted by molar-refractivity contribution is -0.140. The summed E-state index contributed by atoms with van der Waals surface area (Å²) in [4.78, 5) is 65.5. The maximum atomic E-state index is 14.8. The third-order valence-electron chi connectivity index (χ3n) is 13.1. The van der Waals surface area contributed by atoms with Crippen molar-refractivity contribution < 1.29 is 37.4 Å². The number of aromatic nitrogens is 2. The summed E-state index contributed by atoms with van der Waals surface area (Å²) in [6.45, 7) is 7.97. The number of fused-ring (bicyclic) bond motifs is 1. The number of methoxy groups -OCH3 is 1.